The van der Waals surface area contributed by atoms with Crippen molar-refractivity contribution in [2.75, 3.05) is 18.9 Å². The fourth-order valence-corrected chi connectivity index (χ4v) is 4.20. The van der Waals surface area contributed by atoms with Crippen molar-refractivity contribution in [2.45, 2.75) is 37.6 Å². The van der Waals surface area contributed by atoms with Gasteiger partial charge in [-0.2, -0.15) is 0 Å². The third-order valence-electron chi connectivity index (χ3n) is 5.05. The maximum atomic E-state index is 12.3. The Morgan fingerprint density at radius 3 is 2.77 bits per heavy atom. The summed E-state index contributed by atoms with van der Waals surface area (Å²) in [6, 6.07) is 17.7. The Morgan fingerprint density at radius 2 is 2.00 bits per heavy atom. The highest BCUT2D eigenvalue weighted by Crippen LogP contribution is 2.24. The van der Waals surface area contributed by atoms with Crippen LogP contribution in [0.1, 0.15) is 24.2 Å². The van der Waals surface area contributed by atoms with Gasteiger partial charge >= 0.3 is 0 Å². The van der Waals surface area contributed by atoms with Crippen molar-refractivity contribution in [3.63, 3.8) is 0 Å². The van der Waals surface area contributed by atoms with Crippen molar-refractivity contribution >= 4 is 17.7 Å². The Labute approximate surface area is 186 Å². The van der Waals surface area contributed by atoms with Gasteiger partial charge in [-0.3, -0.25) is 9.36 Å². The van der Waals surface area contributed by atoms with Crippen LogP contribution < -0.4 is 10.1 Å². The second-order valence-electron chi connectivity index (χ2n) is 7.35. The first-order valence-corrected chi connectivity index (χ1v) is 11.4. The van der Waals surface area contributed by atoms with Gasteiger partial charge in [0.1, 0.15) is 12.4 Å². The lowest BCUT2D eigenvalue weighted by atomic mass is 10.2. The average molecular weight is 439 g/mol. The molecule has 0 unspecified atom stereocenters. The minimum absolute atomic E-state index is 0.0409. The highest BCUT2D eigenvalue weighted by molar-refractivity contribution is 7.99. The number of benzene rings is 2. The molecule has 0 aliphatic carbocycles. The van der Waals surface area contributed by atoms with E-state index in [1.165, 1.54) is 11.8 Å². The Kier molecular flexibility index (Phi) is 7.22. The van der Waals surface area contributed by atoms with Crippen LogP contribution in [-0.2, 0) is 16.1 Å². The molecule has 1 aromatic heterocycles. The van der Waals surface area contributed by atoms with Crippen molar-refractivity contribution < 1.29 is 14.3 Å². The molecule has 1 N–H and O–H groups in total. The largest absolute Gasteiger partial charge is 0.485 e. The van der Waals surface area contributed by atoms with Crippen molar-refractivity contribution in [2.24, 2.45) is 0 Å². The number of thioether (sulfide) groups is 1. The maximum absolute atomic E-state index is 12.3. The molecule has 1 saturated heterocycles. The summed E-state index contributed by atoms with van der Waals surface area (Å²) < 4.78 is 13.5. The predicted molar refractivity (Wildman–Crippen MR) is 120 cm³/mol. The summed E-state index contributed by atoms with van der Waals surface area (Å²) in [6.45, 7) is 3.62. The Hall–Kier alpha value is -2.84. The molecule has 4 rings (SSSR count). The number of nitrogens with one attached hydrogen (secondary N) is 1. The quantitative estimate of drug-likeness (QED) is 0.515. The third kappa shape index (κ3) is 5.65. The lowest BCUT2D eigenvalue weighted by Gasteiger charge is -2.13. The molecule has 7 nitrogen and oxygen atoms in total. The highest BCUT2D eigenvalue weighted by Gasteiger charge is 2.19. The highest BCUT2D eigenvalue weighted by atomic mass is 32.2. The van der Waals surface area contributed by atoms with Gasteiger partial charge in [0, 0.05) is 18.8 Å². The van der Waals surface area contributed by atoms with E-state index in [0.717, 1.165) is 36.4 Å². The number of aromatic nitrogens is 3. The lowest BCUT2D eigenvalue weighted by Crippen LogP contribution is -2.32. The molecule has 1 atom stereocenters. The summed E-state index contributed by atoms with van der Waals surface area (Å²) in [5, 5.41) is 12.3. The number of hydrogen-bond donors (Lipinski definition) is 1. The number of rotatable bonds is 9. The minimum atomic E-state index is -0.0409. The van der Waals surface area contributed by atoms with E-state index in [-0.39, 0.29) is 24.4 Å². The molecule has 2 aromatic carbocycles. The van der Waals surface area contributed by atoms with E-state index in [0.29, 0.717) is 17.5 Å². The maximum Gasteiger partial charge on any atom is 0.230 e. The van der Waals surface area contributed by atoms with Crippen LogP contribution >= 0.6 is 11.8 Å². The number of ether oxygens (including phenoxy) is 2. The van der Waals surface area contributed by atoms with E-state index in [2.05, 4.69) is 15.5 Å². The van der Waals surface area contributed by atoms with Gasteiger partial charge in [-0.25, -0.2) is 0 Å². The molecule has 1 fully saturated rings. The SMILES string of the molecule is Cc1ccccc1OCc1nnc(SCC(=O)NC[C@@H]2CCCO2)n1-c1ccccc1. The smallest absolute Gasteiger partial charge is 0.230 e. The topological polar surface area (TPSA) is 78.3 Å². The van der Waals surface area contributed by atoms with E-state index in [4.69, 9.17) is 9.47 Å². The molecule has 0 saturated carbocycles. The second kappa shape index (κ2) is 10.5. The van der Waals surface area contributed by atoms with E-state index in [9.17, 15) is 4.79 Å². The summed E-state index contributed by atoms with van der Waals surface area (Å²) in [5.41, 5.74) is 1.99. The van der Waals surface area contributed by atoms with Crippen LogP contribution in [0.2, 0.25) is 0 Å². The zero-order chi connectivity index (χ0) is 21.5. The standard InChI is InChI=1S/C23H26N4O3S/c1-17-8-5-6-12-20(17)30-15-21-25-26-23(27(21)18-9-3-2-4-10-18)31-16-22(28)24-14-19-11-7-13-29-19/h2-6,8-10,12,19H,7,11,13-16H2,1H3,(H,24,28)/t19-/m0/s1. The molecule has 8 heteroatoms. The molecule has 31 heavy (non-hydrogen) atoms. The molecule has 0 spiro atoms. The van der Waals surface area contributed by atoms with Gasteiger partial charge in [0.05, 0.1) is 11.9 Å². The normalized spacial score (nSPS) is 15.7. The number of hydrogen-bond acceptors (Lipinski definition) is 6. The average Bonchev–Trinajstić information content (AvgIpc) is 3.46. The molecular formula is C23H26N4O3S. The number of aryl methyl sites for hydroxylation is 1. The Balaban J connectivity index is 1.44. The molecular weight excluding hydrogens is 412 g/mol. The van der Waals surface area contributed by atoms with Crippen molar-refractivity contribution in [1.82, 2.24) is 20.1 Å². The van der Waals surface area contributed by atoms with Crippen molar-refractivity contribution in [3.05, 3.63) is 66.0 Å². The van der Waals surface area contributed by atoms with Gasteiger partial charge in [0.15, 0.2) is 11.0 Å². The fourth-order valence-electron chi connectivity index (χ4n) is 3.40. The summed E-state index contributed by atoms with van der Waals surface area (Å²) >= 11 is 1.36. The molecule has 1 aliphatic rings. The van der Waals surface area contributed by atoms with E-state index in [1.807, 2.05) is 66.1 Å². The monoisotopic (exact) mass is 438 g/mol. The van der Waals surface area contributed by atoms with Gasteiger partial charge in [0.2, 0.25) is 5.91 Å². The summed E-state index contributed by atoms with van der Waals surface area (Å²) in [4.78, 5) is 12.3. The van der Waals surface area contributed by atoms with Crippen LogP contribution in [0.25, 0.3) is 5.69 Å². The predicted octanol–water partition coefficient (Wildman–Crippen LogP) is 3.54. The van der Waals surface area contributed by atoms with Crippen molar-refractivity contribution in [3.8, 4) is 11.4 Å². The molecule has 1 amide bonds. The molecule has 0 radical (unpaired) electrons. The first-order chi connectivity index (χ1) is 15.2. The zero-order valence-corrected chi connectivity index (χ0v) is 18.3. The lowest BCUT2D eigenvalue weighted by molar-refractivity contribution is -0.119. The van der Waals surface area contributed by atoms with Crippen LogP contribution in [0.15, 0.2) is 59.8 Å². The summed E-state index contributed by atoms with van der Waals surface area (Å²) in [6.07, 6.45) is 2.19. The van der Waals surface area contributed by atoms with E-state index in [1.54, 1.807) is 0 Å². The van der Waals surface area contributed by atoms with E-state index >= 15 is 0 Å². The third-order valence-corrected chi connectivity index (χ3v) is 5.98. The molecule has 2 heterocycles. The van der Waals surface area contributed by atoms with Crippen LogP contribution in [0.3, 0.4) is 0 Å². The molecule has 1 aliphatic heterocycles. The van der Waals surface area contributed by atoms with E-state index < -0.39 is 0 Å². The zero-order valence-electron chi connectivity index (χ0n) is 17.5. The van der Waals surface area contributed by atoms with Gasteiger partial charge in [-0.05, 0) is 43.5 Å². The van der Waals surface area contributed by atoms with Crippen LogP contribution in [0.4, 0.5) is 0 Å². The first kappa shape index (κ1) is 21.4. The van der Waals surface area contributed by atoms with Gasteiger partial charge in [-0.1, -0.05) is 48.2 Å². The number of nitrogens with zero attached hydrogens (tertiary/aromatic N) is 3. The number of amides is 1. The van der Waals surface area contributed by atoms with Gasteiger partial charge < -0.3 is 14.8 Å². The molecule has 162 valence electrons. The Bertz CT molecular complexity index is 1000. The summed E-state index contributed by atoms with van der Waals surface area (Å²) in [7, 11) is 0. The number of para-hydroxylation sites is 2. The van der Waals surface area contributed by atoms with Crippen molar-refractivity contribution in [1.29, 1.82) is 0 Å². The second-order valence-corrected chi connectivity index (χ2v) is 8.29. The fraction of sp³-hybridized carbons (Fsp3) is 0.348. The van der Waals surface area contributed by atoms with Crippen LogP contribution in [0, 0.1) is 6.92 Å². The van der Waals surface area contributed by atoms with Crippen LogP contribution in [-0.4, -0.2) is 45.7 Å². The minimum Gasteiger partial charge on any atom is -0.485 e. The summed E-state index contributed by atoms with van der Waals surface area (Å²) in [5.74, 6) is 1.71. The first-order valence-electron chi connectivity index (χ1n) is 10.4. The number of carbonyl (C=O) groups is 1. The molecule has 0 bridgehead atoms. The van der Waals surface area contributed by atoms with Gasteiger partial charge in [0.25, 0.3) is 0 Å². The molecule has 3 aromatic rings. The van der Waals surface area contributed by atoms with Gasteiger partial charge in [-0.15, -0.1) is 10.2 Å². The Morgan fingerprint density at radius 1 is 1.19 bits per heavy atom. The van der Waals surface area contributed by atoms with Crippen LogP contribution in [0.5, 0.6) is 5.75 Å². The number of carbonyl (C=O) groups excluding carboxylic acids is 1.